The lowest BCUT2D eigenvalue weighted by Crippen LogP contribution is -2.59. The molecule has 1 heterocycles. The maximum Gasteiger partial charge on any atom is 0.368 e. The van der Waals surface area contributed by atoms with Gasteiger partial charge in [0.1, 0.15) is 5.70 Å². The Balaban J connectivity index is 2.26. The SMILES string of the molecule is FC1=C(N2CCOCC2)C(F)(F)C1(F)F. The van der Waals surface area contributed by atoms with Gasteiger partial charge < -0.3 is 9.64 Å². The molecule has 0 unspecified atom stereocenters. The van der Waals surface area contributed by atoms with E-state index in [1.165, 1.54) is 0 Å². The van der Waals surface area contributed by atoms with E-state index in [4.69, 9.17) is 4.74 Å². The molecule has 1 aliphatic heterocycles. The Morgan fingerprint density at radius 3 is 2.00 bits per heavy atom. The molecule has 0 radical (unpaired) electrons. The molecule has 0 bridgehead atoms. The van der Waals surface area contributed by atoms with Gasteiger partial charge in [-0.3, -0.25) is 0 Å². The summed E-state index contributed by atoms with van der Waals surface area (Å²) in [5.41, 5.74) is -1.18. The van der Waals surface area contributed by atoms with Gasteiger partial charge in [-0.2, -0.15) is 17.6 Å². The van der Waals surface area contributed by atoms with E-state index in [0.717, 1.165) is 4.90 Å². The fourth-order valence-corrected chi connectivity index (χ4v) is 1.63. The first-order chi connectivity index (χ1) is 6.89. The van der Waals surface area contributed by atoms with Crippen LogP contribution in [0.25, 0.3) is 0 Å². The molecule has 1 aliphatic carbocycles. The molecule has 0 spiro atoms. The lowest BCUT2D eigenvalue weighted by atomic mass is 9.92. The molecule has 2 aliphatic rings. The van der Waals surface area contributed by atoms with Crippen LogP contribution in [0.15, 0.2) is 11.5 Å². The molecule has 0 amide bonds. The van der Waals surface area contributed by atoms with Gasteiger partial charge in [0, 0.05) is 13.1 Å². The van der Waals surface area contributed by atoms with Crippen molar-refractivity contribution in [2.75, 3.05) is 26.3 Å². The molecule has 2 rings (SSSR count). The molecule has 0 aromatic carbocycles. The van der Waals surface area contributed by atoms with Crippen LogP contribution in [-0.2, 0) is 4.74 Å². The lowest BCUT2D eigenvalue weighted by Gasteiger charge is -2.43. The van der Waals surface area contributed by atoms with Crippen molar-refractivity contribution in [2.45, 2.75) is 11.8 Å². The van der Waals surface area contributed by atoms with Crippen molar-refractivity contribution >= 4 is 0 Å². The van der Waals surface area contributed by atoms with Crippen LogP contribution in [-0.4, -0.2) is 43.0 Å². The van der Waals surface area contributed by atoms with Gasteiger partial charge in [-0.05, 0) is 0 Å². The summed E-state index contributed by atoms with van der Waals surface area (Å²) in [7, 11) is 0. The molecule has 0 aromatic heterocycles. The normalized spacial score (nSPS) is 29.0. The van der Waals surface area contributed by atoms with Crippen molar-refractivity contribution < 1.29 is 26.7 Å². The topological polar surface area (TPSA) is 12.5 Å². The molecule has 0 atom stereocenters. The van der Waals surface area contributed by atoms with Crippen molar-refractivity contribution in [3.63, 3.8) is 0 Å². The number of allylic oxidation sites excluding steroid dienone is 2. The molecule has 0 saturated carbocycles. The molecule has 1 fully saturated rings. The van der Waals surface area contributed by atoms with Crippen molar-refractivity contribution in [3.8, 4) is 0 Å². The van der Waals surface area contributed by atoms with Gasteiger partial charge in [-0.25, -0.2) is 4.39 Å². The maximum atomic E-state index is 12.9. The summed E-state index contributed by atoms with van der Waals surface area (Å²) < 4.78 is 68.4. The average molecular weight is 229 g/mol. The van der Waals surface area contributed by atoms with E-state index in [-0.39, 0.29) is 26.3 Å². The summed E-state index contributed by atoms with van der Waals surface area (Å²) in [6, 6.07) is 0. The van der Waals surface area contributed by atoms with Crippen LogP contribution < -0.4 is 0 Å². The molecular weight excluding hydrogens is 221 g/mol. The number of hydrogen-bond acceptors (Lipinski definition) is 2. The maximum absolute atomic E-state index is 12.9. The Bertz CT molecular complexity index is 308. The highest BCUT2D eigenvalue weighted by molar-refractivity contribution is 5.38. The minimum atomic E-state index is -4.65. The number of nitrogens with zero attached hydrogens (tertiary/aromatic N) is 1. The molecule has 86 valence electrons. The van der Waals surface area contributed by atoms with Crippen LogP contribution in [0, 0.1) is 0 Å². The van der Waals surface area contributed by atoms with Gasteiger partial charge in [0.2, 0.25) is 5.83 Å². The summed E-state index contributed by atoms with van der Waals surface area (Å²) in [6.07, 6.45) is 0. The fourth-order valence-electron chi connectivity index (χ4n) is 1.63. The summed E-state index contributed by atoms with van der Waals surface area (Å²) >= 11 is 0. The predicted molar refractivity (Wildman–Crippen MR) is 40.4 cm³/mol. The summed E-state index contributed by atoms with van der Waals surface area (Å²) in [5, 5.41) is 0. The van der Waals surface area contributed by atoms with Crippen molar-refractivity contribution in [1.82, 2.24) is 4.90 Å². The summed E-state index contributed by atoms with van der Waals surface area (Å²) in [6.45, 7) is 0.291. The van der Waals surface area contributed by atoms with Gasteiger partial charge in [-0.15, -0.1) is 0 Å². The van der Waals surface area contributed by atoms with E-state index in [0.29, 0.717) is 0 Å². The minimum Gasteiger partial charge on any atom is -0.378 e. The van der Waals surface area contributed by atoms with Crippen molar-refractivity contribution in [3.05, 3.63) is 11.5 Å². The zero-order valence-electron chi connectivity index (χ0n) is 7.57. The lowest BCUT2D eigenvalue weighted by molar-refractivity contribution is -0.220. The van der Waals surface area contributed by atoms with Gasteiger partial charge in [0.15, 0.2) is 0 Å². The number of alkyl halides is 4. The quantitative estimate of drug-likeness (QED) is 0.635. The van der Waals surface area contributed by atoms with Gasteiger partial charge in [0.25, 0.3) is 0 Å². The molecule has 7 heteroatoms. The van der Waals surface area contributed by atoms with Crippen LogP contribution in [0.2, 0.25) is 0 Å². The molecule has 15 heavy (non-hydrogen) atoms. The largest absolute Gasteiger partial charge is 0.378 e. The first-order valence-electron chi connectivity index (χ1n) is 4.38. The second-order valence-corrected chi connectivity index (χ2v) is 3.41. The molecule has 0 aromatic rings. The van der Waals surface area contributed by atoms with Crippen LogP contribution in [0.4, 0.5) is 22.0 Å². The second-order valence-electron chi connectivity index (χ2n) is 3.41. The van der Waals surface area contributed by atoms with E-state index in [1.54, 1.807) is 0 Å². The highest BCUT2D eigenvalue weighted by atomic mass is 19.3. The Hall–Kier alpha value is -0.850. The standard InChI is InChI=1S/C8H8F5NO/c9-5-6(8(12,13)7(5,10)11)14-1-3-15-4-2-14/h1-4H2. The van der Waals surface area contributed by atoms with Gasteiger partial charge in [-0.1, -0.05) is 0 Å². The first kappa shape index (κ1) is 10.7. The fraction of sp³-hybridized carbons (Fsp3) is 0.750. The van der Waals surface area contributed by atoms with Crippen LogP contribution in [0.3, 0.4) is 0 Å². The highest BCUT2D eigenvalue weighted by Crippen LogP contribution is 2.56. The van der Waals surface area contributed by atoms with Crippen molar-refractivity contribution in [2.24, 2.45) is 0 Å². The summed E-state index contributed by atoms with van der Waals surface area (Å²) in [5.74, 6) is -11.1. The average Bonchev–Trinajstić information content (AvgIpc) is 2.19. The van der Waals surface area contributed by atoms with Crippen LogP contribution in [0.1, 0.15) is 0 Å². The third-order valence-electron chi connectivity index (χ3n) is 2.50. The van der Waals surface area contributed by atoms with Crippen LogP contribution >= 0.6 is 0 Å². The Kier molecular flexibility index (Phi) is 2.18. The zero-order valence-corrected chi connectivity index (χ0v) is 7.57. The number of halogens is 5. The number of rotatable bonds is 1. The summed E-state index contributed by atoms with van der Waals surface area (Å²) in [4.78, 5) is 0.913. The van der Waals surface area contributed by atoms with E-state index < -0.39 is 23.4 Å². The second kappa shape index (κ2) is 3.07. The van der Waals surface area contributed by atoms with Crippen LogP contribution in [0.5, 0.6) is 0 Å². The van der Waals surface area contributed by atoms with Gasteiger partial charge >= 0.3 is 11.8 Å². The van der Waals surface area contributed by atoms with Gasteiger partial charge in [0.05, 0.1) is 13.2 Å². The predicted octanol–water partition coefficient (Wildman–Crippen LogP) is 1.78. The molecule has 2 nitrogen and oxygen atoms in total. The van der Waals surface area contributed by atoms with E-state index in [9.17, 15) is 22.0 Å². The van der Waals surface area contributed by atoms with E-state index in [1.807, 2.05) is 0 Å². The Labute approximate surface area is 82.3 Å². The molecular formula is C8H8F5NO. The Morgan fingerprint density at radius 1 is 1.00 bits per heavy atom. The number of ether oxygens (including phenoxy) is 1. The minimum absolute atomic E-state index is 0.00836. The van der Waals surface area contributed by atoms with E-state index >= 15 is 0 Å². The molecule has 0 N–H and O–H groups in total. The Morgan fingerprint density at radius 2 is 1.53 bits per heavy atom. The van der Waals surface area contributed by atoms with Crippen molar-refractivity contribution in [1.29, 1.82) is 0 Å². The smallest absolute Gasteiger partial charge is 0.368 e. The third kappa shape index (κ3) is 1.25. The highest BCUT2D eigenvalue weighted by Gasteiger charge is 2.74. The number of hydrogen-bond donors (Lipinski definition) is 0. The monoisotopic (exact) mass is 229 g/mol. The third-order valence-corrected chi connectivity index (χ3v) is 2.50. The van der Waals surface area contributed by atoms with E-state index in [2.05, 4.69) is 0 Å². The first-order valence-corrected chi connectivity index (χ1v) is 4.38. The number of morpholine rings is 1. The zero-order chi connectivity index (χ0) is 11.3. The molecule has 1 saturated heterocycles.